The van der Waals surface area contributed by atoms with Crippen LogP contribution in [-0.4, -0.2) is 5.25 Å². The number of hydrogen-bond donors (Lipinski definition) is 1. The van der Waals surface area contributed by atoms with Gasteiger partial charge in [-0.15, -0.1) is 11.8 Å². The van der Waals surface area contributed by atoms with E-state index >= 15 is 0 Å². The van der Waals surface area contributed by atoms with E-state index in [1.165, 1.54) is 4.90 Å². The lowest BCUT2D eigenvalue weighted by Gasteiger charge is -2.15. The topological polar surface area (TPSA) is 26.0 Å². The number of benzene rings is 1. The maximum atomic E-state index is 5.85. The number of thioether (sulfide) groups is 1. The molecule has 13 heavy (non-hydrogen) atoms. The summed E-state index contributed by atoms with van der Waals surface area (Å²) in [5.74, 6) is 0.685. The van der Waals surface area contributed by atoms with Crippen LogP contribution in [0.15, 0.2) is 29.2 Å². The number of para-hydroxylation sites is 1. The van der Waals surface area contributed by atoms with Crippen molar-refractivity contribution in [3.8, 4) is 0 Å². The summed E-state index contributed by atoms with van der Waals surface area (Å²) in [4.78, 5) is 1.20. The van der Waals surface area contributed by atoms with Gasteiger partial charge in [-0.1, -0.05) is 32.9 Å². The van der Waals surface area contributed by atoms with Crippen molar-refractivity contribution < 1.29 is 0 Å². The van der Waals surface area contributed by atoms with E-state index in [0.717, 1.165) is 5.69 Å². The minimum Gasteiger partial charge on any atom is -0.398 e. The average Bonchev–Trinajstić information content (AvgIpc) is 2.08. The molecule has 0 saturated carbocycles. The fraction of sp³-hybridized carbons (Fsp3) is 0.455. The third-order valence-corrected chi connectivity index (χ3v) is 3.71. The van der Waals surface area contributed by atoms with Gasteiger partial charge >= 0.3 is 0 Å². The highest BCUT2D eigenvalue weighted by Gasteiger charge is 2.09. The maximum Gasteiger partial charge on any atom is 0.0452 e. The van der Waals surface area contributed by atoms with Crippen molar-refractivity contribution in [2.24, 2.45) is 5.92 Å². The molecule has 1 aromatic carbocycles. The van der Waals surface area contributed by atoms with E-state index in [1.54, 1.807) is 0 Å². The first-order chi connectivity index (χ1) is 6.11. The average molecular weight is 195 g/mol. The highest BCUT2D eigenvalue weighted by molar-refractivity contribution is 8.00. The molecule has 2 heteroatoms. The minimum absolute atomic E-state index is 0.615. The van der Waals surface area contributed by atoms with E-state index in [9.17, 15) is 0 Å². The Balaban J connectivity index is 2.69. The fourth-order valence-corrected chi connectivity index (χ4v) is 1.96. The Morgan fingerprint density at radius 1 is 1.15 bits per heavy atom. The zero-order valence-electron chi connectivity index (χ0n) is 8.45. The van der Waals surface area contributed by atoms with Gasteiger partial charge in [-0.3, -0.25) is 0 Å². The molecule has 1 atom stereocenters. The zero-order chi connectivity index (χ0) is 9.84. The molecule has 0 fully saturated rings. The van der Waals surface area contributed by atoms with E-state index in [2.05, 4.69) is 26.8 Å². The summed E-state index contributed by atoms with van der Waals surface area (Å²) >= 11 is 1.85. The third kappa shape index (κ3) is 2.96. The summed E-state index contributed by atoms with van der Waals surface area (Å²) < 4.78 is 0. The predicted molar refractivity (Wildman–Crippen MR) is 61.0 cm³/mol. The molecule has 0 aliphatic carbocycles. The minimum atomic E-state index is 0.615. The molecule has 1 unspecified atom stereocenters. The summed E-state index contributed by atoms with van der Waals surface area (Å²) in [6, 6.07) is 8.04. The molecule has 0 aromatic heterocycles. The van der Waals surface area contributed by atoms with Crippen molar-refractivity contribution in [1.82, 2.24) is 0 Å². The Bertz CT molecular complexity index is 271. The standard InChI is InChI=1S/C11H17NS/c1-8(2)9(3)13-11-7-5-4-6-10(11)12/h4-9H,12H2,1-3H3. The monoisotopic (exact) mass is 195 g/mol. The van der Waals surface area contributed by atoms with Gasteiger partial charge in [0, 0.05) is 15.8 Å². The van der Waals surface area contributed by atoms with Crippen LogP contribution in [0.2, 0.25) is 0 Å². The van der Waals surface area contributed by atoms with Gasteiger partial charge in [-0.2, -0.15) is 0 Å². The number of nitrogens with two attached hydrogens (primary N) is 1. The van der Waals surface area contributed by atoms with Crippen molar-refractivity contribution in [1.29, 1.82) is 0 Å². The van der Waals surface area contributed by atoms with Gasteiger partial charge < -0.3 is 5.73 Å². The van der Waals surface area contributed by atoms with Crippen LogP contribution in [0.1, 0.15) is 20.8 Å². The van der Waals surface area contributed by atoms with Gasteiger partial charge in [0.25, 0.3) is 0 Å². The van der Waals surface area contributed by atoms with Gasteiger partial charge in [0.05, 0.1) is 0 Å². The predicted octanol–water partition coefficient (Wildman–Crippen LogP) is 3.41. The van der Waals surface area contributed by atoms with Crippen molar-refractivity contribution in [2.45, 2.75) is 30.9 Å². The molecule has 0 amide bonds. The number of nitrogen functional groups attached to an aromatic ring is 1. The fourth-order valence-electron chi connectivity index (χ4n) is 0.924. The van der Waals surface area contributed by atoms with Crippen molar-refractivity contribution >= 4 is 17.4 Å². The lowest BCUT2D eigenvalue weighted by Crippen LogP contribution is -2.05. The molecular formula is C11H17NS. The van der Waals surface area contributed by atoms with Crippen LogP contribution >= 0.6 is 11.8 Å². The van der Waals surface area contributed by atoms with Crippen LogP contribution in [0.25, 0.3) is 0 Å². The van der Waals surface area contributed by atoms with E-state index in [1.807, 2.05) is 30.0 Å². The smallest absolute Gasteiger partial charge is 0.0452 e. The molecule has 2 N–H and O–H groups in total. The van der Waals surface area contributed by atoms with Gasteiger partial charge in [0.15, 0.2) is 0 Å². The quantitative estimate of drug-likeness (QED) is 0.591. The third-order valence-electron chi connectivity index (χ3n) is 2.17. The maximum absolute atomic E-state index is 5.85. The molecule has 0 radical (unpaired) electrons. The Labute approximate surface area is 84.7 Å². The summed E-state index contributed by atoms with van der Waals surface area (Å²) in [5.41, 5.74) is 6.74. The first kappa shape index (κ1) is 10.5. The highest BCUT2D eigenvalue weighted by atomic mass is 32.2. The molecular weight excluding hydrogens is 178 g/mol. The van der Waals surface area contributed by atoms with Crippen LogP contribution in [0.3, 0.4) is 0 Å². The van der Waals surface area contributed by atoms with E-state index in [-0.39, 0.29) is 0 Å². The molecule has 0 aliphatic rings. The Morgan fingerprint density at radius 2 is 1.77 bits per heavy atom. The van der Waals surface area contributed by atoms with Crippen LogP contribution in [-0.2, 0) is 0 Å². The lowest BCUT2D eigenvalue weighted by molar-refractivity contribution is 0.642. The second kappa shape index (κ2) is 4.56. The van der Waals surface area contributed by atoms with Gasteiger partial charge in [-0.25, -0.2) is 0 Å². The van der Waals surface area contributed by atoms with Crippen LogP contribution in [0.5, 0.6) is 0 Å². The molecule has 72 valence electrons. The molecule has 0 aliphatic heterocycles. The SMILES string of the molecule is CC(C)C(C)Sc1ccccc1N. The molecule has 0 bridgehead atoms. The summed E-state index contributed by atoms with van der Waals surface area (Å²) in [6.45, 7) is 6.70. The first-order valence-electron chi connectivity index (χ1n) is 4.62. The molecule has 1 nitrogen and oxygen atoms in total. The highest BCUT2D eigenvalue weighted by Crippen LogP contribution is 2.31. The van der Waals surface area contributed by atoms with E-state index < -0.39 is 0 Å². The number of anilines is 1. The number of hydrogen-bond acceptors (Lipinski definition) is 2. The molecule has 1 aromatic rings. The van der Waals surface area contributed by atoms with Crippen molar-refractivity contribution in [3.05, 3.63) is 24.3 Å². The van der Waals surface area contributed by atoms with Crippen LogP contribution in [0.4, 0.5) is 5.69 Å². The Hall–Kier alpha value is -0.630. The largest absolute Gasteiger partial charge is 0.398 e. The normalized spacial score (nSPS) is 13.2. The van der Waals surface area contributed by atoms with Crippen LogP contribution < -0.4 is 5.73 Å². The van der Waals surface area contributed by atoms with Gasteiger partial charge in [0.1, 0.15) is 0 Å². The Morgan fingerprint density at radius 3 is 2.31 bits per heavy atom. The summed E-state index contributed by atoms with van der Waals surface area (Å²) in [6.07, 6.45) is 0. The van der Waals surface area contributed by atoms with Crippen molar-refractivity contribution in [2.75, 3.05) is 5.73 Å². The number of rotatable bonds is 3. The molecule has 0 heterocycles. The van der Waals surface area contributed by atoms with E-state index in [4.69, 9.17) is 5.73 Å². The molecule has 1 rings (SSSR count). The molecule has 0 spiro atoms. The van der Waals surface area contributed by atoms with Crippen LogP contribution in [0, 0.1) is 5.92 Å². The molecule has 0 saturated heterocycles. The first-order valence-corrected chi connectivity index (χ1v) is 5.50. The van der Waals surface area contributed by atoms with Gasteiger partial charge in [-0.05, 0) is 18.1 Å². The Kier molecular flexibility index (Phi) is 3.67. The lowest BCUT2D eigenvalue weighted by atomic mass is 10.2. The van der Waals surface area contributed by atoms with Crippen molar-refractivity contribution in [3.63, 3.8) is 0 Å². The van der Waals surface area contributed by atoms with E-state index in [0.29, 0.717) is 11.2 Å². The summed E-state index contributed by atoms with van der Waals surface area (Å²) in [7, 11) is 0. The second-order valence-corrected chi connectivity index (χ2v) is 5.02. The zero-order valence-corrected chi connectivity index (χ0v) is 9.27. The second-order valence-electron chi connectivity index (χ2n) is 3.60. The van der Waals surface area contributed by atoms with Gasteiger partial charge in [0.2, 0.25) is 0 Å². The summed E-state index contributed by atoms with van der Waals surface area (Å²) in [5, 5.41) is 0.615.